The number of benzene rings is 1. The van der Waals surface area contributed by atoms with E-state index in [4.69, 9.17) is 23.2 Å². The van der Waals surface area contributed by atoms with E-state index in [1.165, 1.54) is 0 Å². The molecular formula is C19H20BrCl2N5O. The van der Waals surface area contributed by atoms with Gasteiger partial charge in [0.1, 0.15) is 6.04 Å². The number of nitrogens with one attached hydrogen (secondary N) is 1. The van der Waals surface area contributed by atoms with E-state index >= 15 is 0 Å². The van der Waals surface area contributed by atoms with E-state index in [0.717, 1.165) is 27.1 Å². The van der Waals surface area contributed by atoms with Crippen LogP contribution in [-0.2, 0) is 11.3 Å². The molecule has 0 bridgehead atoms. The fourth-order valence-corrected chi connectivity index (χ4v) is 3.65. The number of carbonyl (C=O) groups excluding carboxylic acids is 1. The van der Waals surface area contributed by atoms with Crippen LogP contribution >= 0.6 is 39.1 Å². The Bertz CT molecular complexity index is 1010. The molecule has 3 rings (SSSR count). The second-order valence-corrected chi connectivity index (χ2v) is 8.23. The summed E-state index contributed by atoms with van der Waals surface area (Å²) < 4.78 is 4.33. The van der Waals surface area contributed by atoms with Crippen LogP contribution < -0.4 is 5.32 Å². The molecule has 0 aliphatic rings. The zero-order valence-electron chi connectivity index (χ0n) is 15.7. The number of hydrogen-bond acceptors (Lipinski definition) is 3. The minimum Gasteiger partial charge on any atom is -0.321 e. The van der Waals surface area contributed by atoms with Crippen molar-refractivity contribution in [2.75, 3.05) is 5.32 Å². The Kier molecular flexibility index (Phi) is 6.47. The molecule has 0 radical (unpaired) electrons. The van der Waals surface area contributed by atoms with Gasteiger partial charge in [0.15, 0.2) is 0 Å². The number of amides is 1. The van der Waals surface area contributed by atoms with E-state index < -0.39 is 6.04 Å². The number of anilines is 1. The van der Waals surface area contributed by atoms with Crippen LogP contribution in [0.1, 0.15) is 36.3 Å². The van der Waals surface area contributed by atoms with Crippen LogP contribution in [0.15, 0.2) is 35.1 Å². The van der Waals surface area contributed by atoms with Gasteiger partial charge in [-0.15, -0.1) is 0 Å². The van der Waals surface area contributed by atoms with Crippen molar-refractivity contribution in [2.24, 2.45) is 0 Å². The van der Waals surface area contributed by atoms with Crippen LogP contribution in [0.25, 0.3) is 0 Å². The number of aromatic nitrogens is 4. The molecular weight excluding hydrogens is 465 g/mol. The first kappa shape index (κ1) is 20.9. The SMILES string of the molecule is CCC(C(=O)Nc1c(C)nn(Cc2ccc(Cl)c(Cl)c2)c1C)n1cc(Br)cn1. The third kappa shape index (κ3) is 4.42. The van der Waals surface area contributed by atoms with Crippen molar-refractivity contribution in [3.8, 4) is 0 Å². The monoisotopic (exact) mass is 483 g/mol. The maximum atomic E-state index is 12.9. The summed E-state index contributed by atoms with van der Waals surface area (Å²) in [5, 5.41) is 12.8. The standard InChI is InChI=1S/C19H20BrCl2N5O/c1-4-17(27-10-14(20)8-23-27)19(28)24-18-11(2)25-26(12(18)3)9-13-5-6-15(21)16(22)7-13/h5-8,10,17H,4,9H2,1-3H3,(H,24,28). The lowest BCUT2D eigenvalue weighted by atomic mass is 10.2. The summed E-state index contributed by atoms with van der Waals surface area (Å²) in [5.41, 5.74) is 3.32. The Hall–Kier alpha value is -1.83. The first-order valence-corrected chi connectivity index (χ1v) is 10.3. The molecule has 0 aliphatic heterocycles. The van der Waals surface area contributed by atoms with Crippen LogP contribution in [0.4, 0.5) is 5.69 Å². The molecule has 3 aromatic rings. The molecule has 6 nitrogen and oxygen atoms in total. The molecule has 9 heteroatoms. The highest BCUT2D eigenvalue weighted by molar-refractivity contribution is 9.10. The number of hydrogen-bond donors (Lipinski definition) is 1. The third-order valence-corrected chi connectivity index (χ3v) is 5.67. The van der Waals surface area contributed by atoms with Gasteiger partial charge in [0, 0.05) is 6.20 Å². The third-order valence-electron chi connectivity index (χ3n) is 4.52. The Balaban J connectivity index is 1.81. The van der Waals surface area contributed by atoms with Gasteiger partial charge in [0.25, 0.3) is 0 Å². The lowest BCUT2D eigenvalue weighted by Gasteiger charge is -2.16. The summed E-state index contributed by atoms with van der Waals surface area (Å²) in [6, 6.07) is 5.10. The average molecular weight is 485 g/mol. The molecule has 2 heterocycles. The minimum absolute atomic E-state index is 0.126. The van der Waals surface area contributed by atoms with Gasteiger partial charge in [-0.1, -0.05) is 36.2 Å². The lowest BCUT2D eigenvalue weighted by molar-refractivity contribution is -0.119. The first-order chi connectivity index (χ1) is 13.3. The second kappa shape index (κ2) is 8.68. The minimum atomic E-state index is -0.400. The van der Waals surface area contributed by atoms with E-state index in [1.807, 2.05) is 37.6 Å². The van der Waals surface area contributed by atoms with Crippen molar-refractivity contribution in [1.29, 1.82) is 0 Å². The van der Waals surface area contributed by atoms with Gasteiger partial charge in [-0.3, -0.25) is 14.2 Å². The summed E-state index contributed by atoms with van der Waals surface area (Å²) in [4.78, 5) is 12.9. The smallest absolute Gasteiger partial charge is 0.249 e. The largest absolute Gasteiger partial charge is 0.321 e. The fourth-order valence-electron chi connectivity index (χ4n) is 3.03. The molecule has 28 heavy (non-hydrogen) atoms. The van der Waals surface area contributed by atoms with E-state index in [-0.39, 0.29) is 5.91 Å². The van der Waals surface area contributed by atoms with Crippen molar-refractivity contribution >= 4 is 50.7 Å². The Morgan fingerprint density at radius 3 is 2.64 bits per heavy atom. The van der Waals surface area contributed by atoms with E-state index in [1.54, 1.807) is 23.1 Å². The van der Waals surface area contributed by atoms with Crippen molar-refractivity contribution in [3.05, 3.63) is 62.1 Å². The van der Waals surface area contributed by atoms with Crippen LogP contribution in [0, 0.1) is 13.8 Å². The zero-order chi connectivity index (χ0) is 20.4. The number of carbonyl (C=O) groups is 1. The van der Waals surface area contributed by atoms with Crippen LogP contribution in [-0.4, -0.2) is 25.5 Å². The predicted molar refractivity (Wildman–Crippen MR) is 115 cm³/mol. The molecule has 0 aliphatic carbocycles. The van der Waals surface area contributed by atoms with E-state index in [2.05, 4.69) is 31.4 Å². The molecule has 1 atom stereocenters. The predicted octanol–water partition coefficient (Wildman–Crippen LogP) is 5.40. The van der Waals surface area contributed by atoms with E-state index in [0.29, 0.717) is 23.0 Å². The first-order valence-electron chi connectivity index (χ1n) is 8.78. The molecule has 1 aromatic carbocycles. The molecule has 0 spiro atoms. The van der Waals surface area contributed by atoms with Gasteiger partial charge >= 0.3 is 0 Å². The normalized spacial score (nSPS) is 12.2. The number of halogens is 3. The summed E-state index contributed by atoms with van der Waals surface area (Å²) >= 11 is 15.5. The zero-order valence-corrected chi connectivity index (χ0v) is 18.8. The van der Waals surface area contributed by atoms with Crippen molar-refractivity contribution < 1.29 is 4.79 Å². The van der Waals surface area contributed by atoms with Crippen molar-refractivity contribution in [2.45, 2.75) is 39.8 Å². The van der Waals surface area contributed by atoms with Crippen LogP contribution in [0.2, 0.25) is 10.0 Å². The highest BCUT2D eigenvalue weighted by Crippen LogP contribution is 2.26. The highest BCUT2D eigenvalue weighted by Gasteiger charge is 2.22. The van der Waals surface area contributed by atoms with Gasteiger partial charge in [-0.05, 0) is 53.9 Å². The second-order valence-electron chi connectivity index (χ2n) is 6.50. The molecule has 0 saturated heterocycles. The van der Waals surface area contributed by atoms with Crippen LogP contribution in [0.3, 0.4) is 0 Å². The Labute approximate surface area is 182 Å². The Morgan fingerprint density at radius 1 is 1.29 bits per heavy atom. The topological polar surface area (TPSA) is 64.7 Å². The molecule has 0 saturated carbocycles. The molecule has 148 valence electrons. The lowest BCUT2D eigenvalue weighted by Crippen LogP contribution is -2.26. The quantitative estimate of drug-likeness (QED) is 0.509. The number of rotatable bonds is 6. The van der Waals surface area contributed by atoms with Crippen molar-refractivity contribution in [3.63, 3.8) is 0 Å². The fraction of sp³-hybridized carbons (Fsp3) is 0.316. The summed E-state index contributed by atoms with van der Waals surface area (Å²) in [7, 11) is 0. The summed E-state index contributed by atoms with van der Waals surface area (Å²) in [6.07, 6.45) is 4.08. The summed E-state index contributed by atoms with van der Waals surface area (Å²) in [5.74, 6) is -0.126. The highest BCUT2D eigenvalue weighted by atomic mass is 79.9. The Morgan fingerprint density at radius 2 is 2.04 bits per heavy atom. The molecule has 2 aromatic heterocycles. The van der Waals surface area contributed by atoms with Gasteiger partial charge in [-0.2, -0.15) is 10.2 Å². The number of aryl methyl sites for hydroxylation is 1. The molecule has 1 N–H and O–H groups in total. The van der Waals surface area contributed by atoms with Crippen molar-refractivity contribution in [1.82, 2.24) is 19.6 Å². The number of nitrogens with zero attached hydrogens (tertiary/aromatic N) is 4. The van der Waals surface area contributed by atoms with Gasteiger partial charge in [-0.25, -0.2) is 0 Å². The molecule has 1 unspecified atom stereocenters. The van der Waals surface area contributed by atoms with Gasteiger partial charge < -0.3 is 5.32 Å². The maximum absolute atomic E-state index is 12.9. The van der Waals surface area contributed by atoms with Gasteiger partial charge in [0.05, 0.1) is 44.3 Å². The average Bonchev–Trinajstić information content (AvgIpc) is 3.17. The van der Waals surface area contributed by atoms with E-state index in [9.17, 15) is 4.79 Å². The summed E-state index contributed by atoms with van der Waals surface area (Å²) in [6.45, 7) is 6.29. The van der Waals surface area contributed by atoms with Gasteiger partial charge in [0.2, 0.25) is 5.91 Å². The van der Waals surface area contributed by atoms with Crippen LogP contribution in [0.5, 0.6) is 0 Å². The molecule has 1 amide bonds. The molecule has 0 fully saturated rings. The maximum Gasteiger partial charge on any atom is 0.249 e.